The van der Waals surface area contributed by atoms with Crippen LogP contribution in [0.3, 0.4) is 0 Å². The Labute approximate surface area is 145 Å². The smallest absolute Gasteiger partial charge is 0.0752 e. The standard InChI is InChI=1S/C23H25N/c1-3-9-19(10-4-1)15-16-23(20-11-5-2-6-12-20)24-17-21-13-7-8-14-22(21)18-24/h1,3-4,7-10,13-14,20,23H,2,5-6,11-12,17-18H2. The van der Waals surface area contributed by atoms with Crippen molar-refractivity contribution < 1.29 is 0 Å². The summed E-state index contributed by atoms with van der Waals surface area (Å²) in [6.45, 7) is 2.11. The van der Waals surface area contributed by atoms with E-state index >= 15 is 0 Å². The third kappa shape index (κ3) is 3.40. The molecule has 2 aromatic rings. The van der Waals surface area contributed by atoms with E-state index in [1.165, 1.54) is 43.2 Å². The lowest BCUT2D eigenvalue weighted by atomic mass is 9.83. The highest BCUT2D eigenvalue weighted by Gasteiger charge is 2.31. The molecule has 1 aliphatic heterocycles. The molecular formula is C23H25N. The van der Waals surface area contributed by atoms with Crippen molar-refractivity contribution in [2.75, 3.05) is 0 Å². The second-order valence-electron chi connectivity index (χ2n) is 7.15. The molecule has 1 nitrogen and oxygen atoms in total. The van der Waals surface area contributed by atoms with Crippen LogP contribution in [-0.2, 0) is 13.1 Å². The monoisotopic (exact) mass is 315 g/mol. The van der Waals surface area contributed by atoms with E-state index < -0.39 is 0 Å². The van der Waals surface area contributed by atoms with E-state index in [9.17, 15) is 0 Å². The van der Waals surface area contributed by atoms with Crippen molar-refractivity contribution in [3.63, 3.8) is 0 Å². The van der Waals surface area contributed by atoms with E-state index in [1.54, 1.807) is 0 Å². The summed E-state index contributed by atoms with van der Waals surface area (Å²) in [5, 5.41) is 0. The molecular weight excluding hydrogens is 290 g/mol. The third-order valence-corrected chi connectivity index (χ3v) is 5.49. The fourth-order valence-electron chi connectivity index (χ4n) is 4.19. The maximum absolute atomic E-state index is 3.66. The zero-order valence-electron chi connectivity index (χ0n) is 14.2. The Bertz CT molecular complexity index is 706. The Morgan fingerprint density at radius 3 is 2.08 bits per heavy atom. The third-order valence-electron chi connectivity index (χ3n) is 5.49. The topological polar surface area (TPSA) is 3.24 Å². The van der Waals surface area contributed by atoms with Gasteiger partial charge in [0, 0.05) is 18.7 Å². The second-order valence-corrected chi connectivity index (χ2v) is 7.15. The first-order valence-electron chi connectivity index (χ1n) is 9.27. The van der Waals surface area contributed by atoms with E-state index in [0.29, 0.717) is 6.04 Å². The first-order chi connectivity index (χ1) is 11.9. The predicted molar refractivity (Wildman–Crippen MR) is 99.4 cm³/mol. The summed E-state index contributed by atoms with van der Waals surface area (Å²) in [7, 11) is 0. The van der Waals surface area contributed by atoms with Crippen molar-refractivity contribution in [2.24, 2.45) is 5.92 Å². The van der Waals surface area contributed by atoms with E-state index in [2.05, 4.69) is 71.3 Å². The SMILES string of the molecule is C(#CC(C1CCCCC1)N1Cc2ccccc2C1)c1ccccc1. The Morgan fingerprint density at radius 2 is 1.42 bits per heavy atom. The van der Waals surface area contributed by atoms with Crippen LogP contribution in [0.1, 0.15) is 48.8 Å². The molecule has 2 aromatic carbocycles. The molecule has 0 radical (unpaired) electrons. The van der Waals surface area contributed by atoms with Gasteiger partial charge in [-0.25, -0.2) is 0 Å². The molecule has 0 bridgehead atoms. The fraction of sp³-hybridized carbons (Fsp3) is 0.391. The Kier molecular flexibility index (Phi) is 4.67. The number of nitrogens with zero attached hydrogens (tertiary/aromatic N) is 1. The van der Waals surface area contributed by atoms with Crippen LogP contribution in [0.25, 0.3) is 0 Å². The van der Waals surface area contributed by atoms with Crippen LogP contribution in [0.2, 0.25) is 0 Å². The Morgan fingerprint density at radius 1 is 0.792 bits per heavy atom. The molecule has 1 unspecified atom stereocenters. The highest BCUT2D eigenvalue weighted by Crippen LogP contribution is 2.33. The minimum absolute atomic E-state index is 0.387. The first-order valence-corrected chi connectivity index (χ1v) is 9.27. The van der Waals surface area contributed by atoms with Crippen LogP contribution in [0, 0.1) is 17.8 Å². The molecule has 1 atom stereocenters. The van der Waals surface area contributed by atoms with Gasteiger partial charge in [-0.3, -0.25) is 4.90 Å². The Hall–Kier alpha value is -2.04. The van der Waals surface area contributed by atoms with Crippen LogP contribution in [-0.4, -0.2) is 10.9 Å². The van der Waals surface area contributed by atoms with Crippen LogP contribution < -0.4 is 0 Å². The molecule has 0 saturated heterocycles. The zero-order valence-corrected chi connectivity index (χ0v) is 14.2. The van der Waals surface area contributed by atoms with Gasteiger partial charge in [0.05, 0.1) is 6.04 Å². The summed E-state index contributed by atoms with van der Waals surface area (Å²) in [5.41, 5.74) is 4.11. The summed E-state index contributed by atoms with van der Waals surface area (Å²) in [6.07, 6.45) is 6.81. The highest BCUT2D eigenvalue weighted by atomic mass is 15.2. The molecule has 1 saturated carbocycles. The summed E-state index contributed by atoms with van der Waals surface area (Å²) < 4.78 is 0. The first kappa shape index (κ1) is 15.5. The summed E-state index contributed by atoms with van der Waals surface area (Å²) in [5.74, 6) is 7.84. The molecule has 122 valence electrons. The van der Waals surface area contributed by atoms with Crippen LogP contribution in [0.5, 0.6) is 0 Å². The number of hydrogen-bond acceptors (Lipinski definition) is 1. The molecule has 1 aliphatic carbocycles. The number of hydrogen-bond donors (Lipinski definition) is 0. The largest absolute Gasteiger partial charge is 0.281 e. The predicted octanol–water partition coefficient (Wildman–Crippen LogP) is 5.00. The minimum Gasteiger partial charge on any atom is -0.281 e. The average molecular weight is 315 g/mol. The van der Waals surface area contributed by atoms with Crippen molar-refractivity contribution in [1.82, 2.24) is 4.90 Å². The molecule has 0 spiro atoms. The van der Waals surface area contributed by atoms with Gasteiger partial charge in [0.1, 0.15) is 0 Å². The molecule has 1 fully saturated rings. The maximum Gasteiger partial charge on any atom is 0.0752 e. The number of benzene rings is 2. The van der Waals surface area contributed by atoms with Crippen LogP contribution in [0.15, 0.2) is 54.6 Å². The normalized spacial score (nSPS) is 19.3. The lowest BCUT2D eigenvalue weighted by Gasteiger charge is -2.33. The molecule has 4 rings (SSSR count). The van der Waals surface area contributed by atoms with E-state index in [4.69, 9.17) is 0 Å². The van der Waals surface area contributed by atoms with Gasteiger partial charge in [-0.2, -0.15) is 0 Å². The van der Waals surface area contributed by atoms with Crippen molar-refractivity contribution in [3.8, 4) is 11.8 Å². The van der Waals surface area contributed by atoms with E-state index in [0.717, 1.165) is 24.6 Å². The summed E-state index contributed by atoms with van der Waals surface area (Å²) >= 11 is 0. The minimum atomic E-state index is 0.387. The van der Waals surface area contributed by atoms with Crippen LogP contribution >= 0.6 is 0 Å². The molecule has 0 amide bonds. The van der Waals surface area contributed by atoms with E-state index in [-0.39, 0.29) is 0 Å². The van der Waals surface area contributed by atoms with Crippen molar-refractivity contribution in [3.05, 3.63) is 71.3 Å². The van der Waals surface area contributed by atoms with Gasteiger partial charge in [0.2, 0.25) is 0 Å². The molecule has 1 heterocycles. The summed E-state index contributed by atoms with van der Waals surface area (Å²) in [6, 6.07) is 19.7. The zero-order chi connectivity index (χ0) is 16.2. The lowest BCUT2D eigenvalue weighted by molar-refractivity contribution is 0.156. The second kappa shape index (κ2) is 7.24. The molecule has 2 aliphatic rings. The van der Waals surface area contributed by atoms with Gasteiger partial charge in [0.15, 0.2) is 0 Å². The molecule has 24 heavy (non-hydrogen) atoms. The number of rotatable bonds is 2. The van der Waals surface area contributed by atoms with Crippen molar-refractivity contribution in [1.29, 1.82) is 0 Å². The van der Waals surface area contributed by atoms with Gasteiger partial charge in [0.25, 0.3) is 0 Å². The van der Waals surface area contributed by atoms with Gasteiger partial charge < -0.3 is 0 Å². The van der Waals surface area contributed by atoms with E-state index in [1.807, 2.05) is 0 Å². The Balaban J connectivity index is 1.58. The molecule has 1 heteroatoms. The number of fused-ring (bicyclic) bond motifs is 1. The van der Waals surface area contributed by atoms with Gasteiger partial charge in [-0.1, -0.05) is 73.6 Å². The van der Waals surface area contributed by atoms with Crippen molar-refractivity contribution >= 4 is 0 Å². The van der Waals surface area contributed by atoms with Gasteiger partial charge in [-0.15, -0.1) is 0 Å². The van der Waals surface area contributed by atoms with Crippen molar-refractivity contribution in [2.45, 2.75) is 51.2 Å². The molecule has 0 aromatic heterocycles. The van der Waals surface area contributed by atoms with Gasteiger partial charge in [-0.05, 0) is 42.0 Å². The average Bonchev–Trinajstić information content (AvgIpc) is 3.07. The van der Waals surface area contributed by atoms with Gasteiger partial charge >= 0.3 is 0 Å². The highest BCUT2D eigenvalue weighted by molar-refractivity contribution is 5.36. The quantitative estimate of drug-likeness (QED) is 0.705. The summed E-state index contributed by atoms with van der Waals surface area (Å²) in [4.78, 5) is 2.61. The van der Waals surface area contributed by atoms with Crippen LogP contribution in [0.4, 0.5) is 0 Å². The maximum atomic E-state index is 3.66. The molecule has 0 N–H and O–H groups in total. The lowest BCUT2D eigenvalue weighted by Crippen LogP contribution is -2.37. The fourth-order valence-corrected chi connectivity index (χ4v) is 4.19.